The molecule has 0 radical (unpaired) electrons. The second kappa shape index (κ2) is 11.1. The van der Waals surface area contributed by atoms with Crippen molar-refractivity contribution in [2.75, 3.05) is 0 Å². The average molecular weight is 653 g/mol. The van der Waals surface area contributed by atoms with Gasteiger partial charge in [-0.3, -0.25) is 0 Å². The maximum Gasteiger partial charge on any atom is 0.136 e. The molecule has 1 heterocycles. The zero-order valence-corrected chi connectivity index (χ0v) is 24.4. The summed E-state index contributed by atoms with van der Waals surface area (Å²) in [5.41, 5.74) is -7.81. The highest BCUT2D eigenvalue weighted by Gasteiger charge is 2.20. The van der Waals surface area contributed by atoms with Crippen molar-refractivity contribution in [3.8, 4) is 44.5 Å². The van der Waals surface area contributed by atoms with Crippen molar-refractivity contribution in [1.29, 1.82) is 0 Å². The van der Waals surface area contributed by atoms with Crippen molar-refractivity contribution < 1.29 is 45.5 Å². The largest absolute Gasteiger partial charge is 0.456 e. The van der Waals surface area contributed by atoms with Crippen molar-refractivity contribution in [2.24, 2.45) is 0 Å². The molecule has 0 amide bonds. The number of benzene rings is 9. The molecule has 0 saturated heterocycles. The molecule has 0 spiro atoms. The molecular formula is C48H30O. The van der Waals surface area contributed by atoms with E-state index in [-0.39, 0.29) is 0 Å². The smallest absolute Gasteiger partial charge is 0.136 e. The van der Waals surface area contributed by atoms with Gasteiger partial charge in [0.05, 0.1) is 41.1 Å². The summed E-state index contributed by atoms with van der Waals surface area (Å²) in [6.07, 6.45) is 0. The van der Waals surface area contributed by atoms with Gasteiger partial charge in [0, 0.05) is 10.8 Å². The van der Waals surface area contributed by atoms with Gasteiger partial charge in [0.25, 0.3) is 0 Å². The number of rotatable bonds is 4. The molecule has 0 N–H and O–H groups in total. The van der Waals surface area contributed by atoms with Crippen molar-refractivity contribution >= 4 is 54.3 Å². The summed E-state index contributed by atoms with van der Waals surface area (Å²) in [5.74, 6) is 0. The van der Waals surface area contributed by atoms with Gasteiger partial charge in [-0.1, -0.05) is 157 Å². The lowest BCUT2D eigenvalue weighted by Crippen LogP contribution is -1.91. The topological polar surface area (TPSA) is 13.1 Å². The summed E-state index contributed by atoms with van der Waals surface area (Å²) >= 11 is 0. The van der Waals surface area contributed by atoms with Gasteiger partial charge in [0.2, 0.25) is 0 Å². The van der Waals surface area contributed by atoms with Crippen molar-refractivity contribution in [3.05, 3.63) is 181 Å². The summed E-state index contributed by atoms with van der Waals surface area (Å²) in [6.45, 7) is 0. The van der Waals surface area contributed by atoms with Crippen LogP contribution in [-0.2, 0) is 0 Å². The molecule has 10 rings (SSSR count). The third-order valence-corrected chi connectivity index (χ3v) is 7.89. The molecule has 0 bridgehead atoms. The first-order valence-corrected chi connectivity index (χ1v) is 14.4. The van der Waals surface area contributed by atoms with Crippen LogP contribution in [0, 0.1) is 0 Å². The van der Waals surface area contributed by atoms with E-state index in [9.17, 15) is 16.4 Å². The molecule has 0 aliphatic heterocycles. The van der Waals surface area contributed by atoms with Gasteiger partial charge in [0.1, 0.15) is 11.2 Å². The summed E-state index contributed by atoms with van der Waals surface area (Å²) in [6, 6.07) is -29.3. The van der Waals surface area contributed by atoms with E-state index in [0.29, 0.717) is 0 Å². The average Bonchev–Trinajstić information content (AvgIpc) is 3.74. The minimum Gasteiger partial charge on any atom is -0.456 e. The Balaban J connectivity index is 1.50. The Kier molecular flexibility index (Phi) is 2.50. The number of furan rings is 1. The van der Waals surface area contributed by atoms with E-state index in [1.807, 2.05) is 0 Å². The van der Waals surface area contributed by atoms with E-state index in [1.165, 1.54) is 0 Å². The van der Waals surface area contributed by atoms with Crippen LogP contribution in [0.3, 0.4) is 0 Å². The van der Waals surface area contributed by atoms with E-state index >= 15 is 0 Å². The zero-order valence-electron chi connectivity index (χ0n) is 54.4. The van der Waals surface area contributed by atoms with Crippen LogP contribution in [0.5, 0.6) is 0 Å². The van der Waals surface area contributed by atoms with E-state index in [0.717, 1.165) is 0 Å². The first-order chi connectivity index (χ1) is 36.8. The zero-order chi connectivity index (χ0) is 58.4. The summed E-state index contributed by atoms with van der Waals surface area (Å²) in [5, 5.41) is -5.77. The summed E-state index contributed by atoms with van der Waals surface area (Å²) in [4.78, 5) is 0. The molecular weight excluding hydrogens is 593 g/mol. The fourth-order valence-corrected chi connectivity index (χ4v) is 5.85. The standard InChI is InChI=1S/C48H30O/c1-2-13-31(14-3-1)33-27-28-42-45(30-33)49-44-26-12-25-43(48(42)44)47-40-22-8-6-20-38(40)46(39-21-7-9-23-41(39)47)35-18-10-17-34(29-35)37-24-11-16-32-15-4-5-19-36(32)37/h1-30H/i1D,2D,3D,4D,5D,6D,7D,8D,9D,10D,11D,12D,13D,14D,15D,16D,17D,18D,19D,20D,21D,22D,23D,24D,25D,26D,27D,28D,29D,30D. The van der Waals surface area contributed by atoms with Crippen LogP contribution in [0.15, 0.2) is 186 Å². The Morgan fingerprint density at radius 1 is 0.327 bits per heavy atom. The van der Waals surface area contributed by atoms with Gasteiger partial charge in [-0.25, -0.2) is 0 Å². The third-order valence-electron chi connectivity index (χ3n) is 7.89. The highest BCUT2D eigenvalue weighted by atomic mass is 16.3. The Morgan fingerprint density at radius 3 is 1.67 bits per heavy atom. The van der Waals surface area contributed by atoms with Crippen molar-refractivity contribution in [1.82, 2.24) is 0 Å². The number of hydrogen-bond acceptors (Lipinski definition) is 1. The fraction of sp³-hybridized carbons (Fsp3) is 0. The maximum absolute atomic E-state index is 9.90. The van der Waals surface area contributed by atoms with Gasteiger partial charge in [-0.15, -0.1) is 0 Å². The molecule has 0 atom stereocenters. The van der Waals surface area contributed by atoms with E-state index in [1.54, 1.807) is 0 Å². The Morgan fingerprint density at radius 2 is 0.898 bits per heavy atom. The predicted molar refractivity (Wildman–Crippen MR) is 208 cm³/mol. The van der Waals surface area contributed by atoms with Crippen molar-refractivity contribution in [3.63, 3.8) is 0 Å². The molecule has 228 valence electrons. The van der Waals surface area contributed by atoms with Gasteiger partial charge in [0.15, 0.2) is 0 Å². The Bertz CT molecular complexity index is 4480. The molecule has 49 heavy (non-hydrogen) atoms. The van der Waals surface area contributed by atoms with E-state index in [4.69, 9.17) is 29.1 Å². The molecule has 0 fully saturated rings. The number of fused-ring (bicyclic) bond motifs is 6. The second-order valence-electron chi connectivity index (χ2n) is 10.5. The molecule has 0 aliphatic rings. The molecule has 0 saturated carbocycles. The lowest BCUT2D eigenvalue weighted by molar-refractivity contribution is 0.669. The molecule has 1 heteroatoms. The normalized spacial score (nSPS) is 20.2. The first-order valence-electron chi connectivity index (χ1n) is 29.4. The highest BCUT2D eigenvalue weighted by Crippen LogP contribution is 2.47. The van der Waals surface area contributed by atoms with Gasteiger partial charge < -0.3 is 4.42 Å². The Hall–Kier alpha value is -6.44. The quantitative estimate of drug-likeness (QED) is 0.172. The van der Waals surface area contributed by atoms with Crippen LogP contribution in [0.1, 0.15) is 41.1 Å². The monoisotopic (exact) mass is 652 g/mol. The number of hydrogen-bond donors (Lipinski definition) is 0. The molecule has 0 aliphatic carbocycles. The SMILES string of the molecule is [2H]c1c([2H])c([2H])c(-c2c([2H])c([2H])c3c(oc4c([2H])c([2H])c([2H])c(-c5c6c([2H])c([2H])c([2H])c([2H])c6c(-c6c([2H])c([2H])c([2H])c(-c7c([2H])c([2H])c([2H])c8c([2H])c([2H])c([2H])c([2H])c78)c6[2H])c6c([2H])c([2H])c([2H])c([2H])c56)c43)c2[2H])c([2H])c1[2H]. The second-order valence-corrected chi connectivity index (χ2v) is 10.5. The van der Waals surface area contributed by atoms with Crippen molar-refractivity contribution in [2.45, 2.75) is 0 Å². The van der Waals surface area contributed by atoms with Gasteiger partial charge in [-0.2, -0.15) is 0 Å². The van der Waals surface area contributed by atoms with Crippen LogP contribution >= 0.6 is 0 Å². The predicted octanol–water partition coefficient (Wildman–Crippen LogP) is 13.7. The minimum atomic E-state index is -1.11. The Labute approximate surface area is 326 Å². The molecule has 9 aromatic carbocycles. The highest BCUT2D eigenvalue weighted by molar-refractivity contribution is 6.25. The minimum absolute atomic E-state index is 0.615. The van der Waals surface area contributed by atoms with E-state index < -0.39 is 280 Å². The summed E-state index contributed by atoms with van der Waals surface area (Å²) in [7, 11) is 0. The maximum atomic E-state index is 9.90. The fourth-order valence-electron chi connectivity index (χ4n) is 5.85. The van der Waals surface area contributed by atoms with Crippen LogP contribution in [-0.4, -0.2) is 0 Å². The van der Waals surface area contributed by atoms with Crippen LogP contribution < -0.4 is 0 Å². The van der Waals surface area contributed by atoms with Gasteiger partial charge >= 0.3 is 0 Å². The summed E-state index contributed by atoms with van der Waals surface area (Å²) < 4.78 is 276. The van der Waals surface area contributed by atoms with E-state index in [2.05, 4.69) is 0 Å². The van der Waals surface area contributed by atoms with Crippen LogP contribution in [0.2, 0.25) is 0 Å². The van der Waals surface area contributed by atoms with Gasteiger partial charge in [-0.05, 0) is 101 Å². The third kappa shape index (κ3) is 4.40. The first kappa shape index (κ1) is 11.1. The molecule has 0 unspecified atom stereocenters. The van der Waals surface area contributed by atoms with Crippen LogP contribution in [0.4, 0.5) is 0 Å². The lowest BCUT2D eigenvalue weighted by Gasteiger charge is -2.19. The molecule has 1 nitrogen and oxygen atoms in total. The molecule has 1 aromatic heterocycles. The molecule has 10 aromatic rings. The lowest BCUT2D eigenvalue weighted by atomic mass is 9.84. The van der Waals surface area contributed by atoms with Crippen LogP contribution in [0.25, 0.3) is 98.8 Å².